The lowest BCUT2D eigenvalue weighted by Gasteiger charge is -2.36. The highest BCUT2D eigenvalue weighted by molar-refractivity contribution is 5.33. The Morgan fingerprint density at radius 3 is 2.91 bits per heavy atom. The van der Waals surface area contributed by atoms with E-state index in [2.05, 4.69) is 24.0 Å². The molecule has 2 atom stereocenters. The Balaban J connectivity index is 1.83. The van der Waals surface area contributed by atoms with Crippen molar-refractivity contribution in [1.29, 1.82) is 0 Å². The fourth-order valence-corrected chi connectivity index (χ4v) is 3.10. The van der Waals surface area contributed by atoms with Gasteiger partial charge in [-0.15, -0.1) is 0 Å². The van der Waals surface area contributed by atoms with Crippen LogP contribution >= 0.6 is 0 Å². The zero-order valence-corrected chi connectivity index (χ0v) is 13.6. The molecule has 124 valence electrons. The lowest BCUT2D eigenvalue weighted by Crippen LogP contribution is -2.46. The van der Waals surface area contributed by atoms with Gasteiger partial charge in [0.25, 0.3) is 0 Å². The van der Waals surface area contributed by atoms with Crippen molar-refractivity contribution in [3.05, 3.63) is 29.8 Å². The summed E-state index contributed by atoms with van der Waals surface area (Å²) in [5.41, 5.74) is 1.26. The van der Waals surface area contributed by atoms with Crippen molar-refractivity contribution in [2.24, 2.45) is 0 Å². The largest absolute Gasteiger partial charge is 0.493 e. The Bertz CT molecular complexity index is 438. The molecule has 2 N–H and O–H groups in total. The van der Waals surface area contributed by atoms with E-state index in [1.807, 2.05) is 12.1 Å². The summed E-state index contributed by atoms with van der Waals surface area (Å²) < 4.78 is 5.80. The van der Waals surface area contributed by atoms with Gasteiger partial charge in [-0.2, -0.15) is 0 Å². The molecule has 0 aromatic heterocycles. The third-order valence-electron chi connectivity index (χ3n) is 4.35. The number of aliphatic hydroxyl groups is 2. The first-order valence-electron chi connectivity index (χ1n) is 8.48. The van der Waals surface area contributed by atoms with Gasteiger partial charge >= 0.3 is 0 Å². The molecule has 0 amide bonds. The van der Waals surface area contributed by atoms with Gasteiger partial charge < -0.3 is 14.9 Å². The fourth-order valence-electron chi connectivity index (χ4n) is 3.10. The Morgan fingerprint density at radius 1 is 1.32 bits per heavy atom. The van der Waals surface area contributed by atoms with E-state index < -0.39 is 0 Å². The molecule has 22 heavy (non-hydrogen) atoms. The van der Waals surface area contributed by atoms with Gasteiger partial charge in [-0.3, -0.25) is 4.90 Å². The second-order valence-electron chi connectivity index (χ2n) is 6.11. The highest BCUT2D eigenvalue weighted by Gasteiger charge is 2.26. The molecule has 0 saturated carbocycles. The number of hydrogen-bond donors (Lipinski definition) is 2. The maximum Gasteiger partial charge on any atom is 0.122 e. The first-order chi connectivity index (χ1) is 10.7. The van der Waals surface area contributed by atoms with Crippen LogP contribution in [0.5, 0.6) is 5.75 Å². The summed E-state index contributed by atoms with van der Waals surface area (Å²) >= 11 is 0. The van der Waals surface area contributed by atoms with Crippen LogP contribution in [0.4, 0.5) is 0 Å². The van der Waals surface area contributed by atoms with Crippen molar-refractivity contribution in [3.63, 3.8) is 0 Å². The summed E-state index contributed by atoms with van der Waals surface area (Å²) in [5, 5.41) is 19.2. The molecule has 0 unspecified atom stereocenters. The van der Waals surface area contributed by atoms with Crippen LogP contribution in [0.2, 0.25) is 0 Å². The number of para-hydroxylation sites is 1. The number of nitrogens with zero attached hydrogens (tertiary/aromatic N) is 1. The predicted molar refractivity (Wildman–Crippen MR) is 88.2 cm³/mol. The van der Waals surface area contributed by atoms with E-state index in [4.69, 9.17) is 4.74 Å². The van der Waals surface area contributed by atoms with E-state index in [1.165, 1.54) is 5.56 Å². The monoisotopic (exact) mass is 307 g/mol. The zero-order valence-electron chi connectivity index (χ0n) is 13.6. The molecule has 0 bridgehead atoms. The highest BCUT2D eigenvalue weighted by atomic mass is 16.5. The van der Waals surface area contributed by atoms with Gasteiger partial charge in [0, 0.05) is 12.6 Å². The Kier molecular flexibility index (Phi) is 7.16. The van der Waals surface area contributed by atoms with E-state index in [1.54, 1.807) is 0 Å². The number of aliphatic hydroxyl groups excluding tert-OH is 2. The van der Waals surface area contributed by atoms with Crippen LogP contribution in [0.25, 0.3) is 0 Å². The van der Waals surface area contributed by atoms with E-state index in [0.29, 0.717) is 6.42 Å². The van der Waals surface area contributed by atoms with Gasteiger partial charge in [0.05, 0.1) is 19.3 Å². The maximum absolute atomic E-state index is 9.70. The molecule has 0 radical (unpaired) electrons. The highest BCUT2D eigenvalue weighted by Crippen LogP contribution is 2.22. The molecule has 1 aliphatic rings. The summed E-state index contributed by atoms with van der Waals surface area (Å²) in [7, 11) is 0. The Labute approximate surface area is 133 Å². The second kappa shape index (κ2) is 9.13. The van der Waals surface area contributed by atoms with Crippen LogP contribution in [0, 0.1) is 0 Å². The number of hydrogen-bond acceptors (Lipinski definition) is 4. The molecule has 1 fully saturated rings. The van der Waals surface area contributed by atoms with Crippen molar-refractivity contribution in [3.8, 4) is 5.75 Å². The second-order valence-corrected chi connectivity index (χ2v) is 6.11. The molecule has 0 spiro atoms. The SMILES string of the molecule is CCCOc1ccccc1CCCN1CC[C@@H](O)C[C@H]1CO. The van der Waals surface area contributed by atoms with E-state index in [9.17, 15) is 10.2 Å². The smallest absolute Gasteiger partial charge is 0.122 e. The summed E-state index contributed by atoms with van der Waals surface area (Å²) in [5.74, 6) is 0.997. The molecule has 1 aromatic carbocycles. The summed E-state index contributed by atoms with van der Waals surface area (Å²) in [6.07, 6.45) is 4.29. The van der Waals surface area contributed by atoms with E-state index in [0.717, 1.165) is 51.1 Å². The molecule has 4 heteroatoms. The molecular weight excluding hydrogens is 278 g/mol. The molecule has 1 aromatic rings. The predicted octanol–water partition coefficient (Wildman–Crippen LogP) is 2.23. The average molecular weight is 307 g/mol. The van der Waals surface area contributed by atoms with Crippen LogP contribution in [-0.4, -0.2) is 53.6 Å². The number of rotatable bonds is 8. The molecular formula is C18H29NO3. The molecule has 1 saturated heterocycles. The van der Waals surface area contributed by atoms with Gasteiger partial charge in [0.15, 0.2) is 0 Å². The lowest BCUT2D eigenvalue weighted by atomic mass is 9.99. The minimum atomic E-state index is -0.253. The third-order valence-corrected chi connectivity index (χ3v) is 4.35. The molecule has 2 rings (SSSR count). The van der Waals surface area contributed by atoms with Gasteiger partial charge in [-0.05, 0) is 50.3 Å². The van der Waals surface area contributed by atoms with Crippen LogP contribution in [0.15, 0.2) is 24.3 Å². The lowest BCUT2D eigenvalue weighted by molar-refractivity contribution is 0.0167. The number of aryl methyl sites for hydroxylation is 1. The molecule has 1 heterocycles. The van der Waals surface area contributed by atoms with Crippen LogP contribution in [0.3, 0.4) is 0 Å². The summed E-state index contributed by atoms with van der Waals surface area (Å²) in [6.45, 7) is 4.84. The number of benzene rings is 1. The fraction of sp³-hybridized carbons (Fsp3) is 0.667. The van der Waals surface area contributed by atoms with Gasteiger partial charge in [-0.1, -0.05) is 25.1 Å². The zero-order chi connectivity index (χ0) is 15.8. The summed E-state index contributed by atoms with van der Waals surface area (Å²) in [6, 6.07) is 8.35. The summed E-state index contributed by atoms with van der Waals surface area (Å²) in [4.78, 5) is 2.31. The number of ether oxygens (including phenoxy) is 1. The van der Waals surface area contributed by atoms with Crippen molar-refractivity contribution < 1.29 is 14.9 Å². The van der Waals surface area contributed by atoms with Gasteiger partial charge in [0.2, 0.25) is 0 Å². The van der Waals surface area contributed by atoms with E-state index in [-0.39, 0.29) is 18.8 Å². The first-order valence-corrected chi connectivity index (χ1v) is 8.48. The first kappa shape index (κ1) is 17.3. The Morgan fingerprint density at radius 2 is 2.14 bits per heavy atom. The van der Waals surface area contributed by atoms with Gasteiger partial charge in [-0.25, -0.2) is 0 Å². The third kappa shape index (κ3) is 4.97. The van der Waals surface area contributed by atoms with Crippen molar-refractivity contribution in [1.82, 2.24) is 4.90 Å². The Hall–Kier alpha value is -1.10. The van der Waals surface area contributed by atoms with Crippen LogP contribution in [-0.2, 0) is 6.42 Å². The minimum absolute atomic E-state index is 0.107. The standard InChI is InChI=1S/C18H29NO3/c1-2-12-22-18-8-4-3-6-15(18)7-5-10-19-11-9-17(21)13-16(19)14-20/h3-4,6,8,16-17,20-21H,2,5,7,9-14H2,1H3/t16-,17+/m0/s1. The van der Waals surface area contributed by atoms with Crippen LogP contribution < -0.4 is 4.74 Å². The van der Waals surface area contributed by atoms with Crippen LogP contribution in [0.1, 0.15) is 38.2 Å². The average Bonchev–Trinajstić information content (AvgIpc) is 2.55. The van der Waals surface area contributed by atoms with Crippen molar-refractivity contribution in [2.75, 3.05) is 26.3 Å². The quantitative estimate of drug-likeness (QED) is 0.773. The maximum atomic E-state index is 9.70. The topological polar surface area (TPSA) is 52.9 Å². The van der Waals surface area contributed by atoms with Crippen molar-refractivity contribution >= 4 is 0 Å². The minimum Gasteiger partial charge on any atom is -0.493 e. The van der Waals surface area contributed by atoms with E-state index >= 15 is 0 Å². The number of likely N-dealkylation sites (tertiary alicyclic amines) is 1. The van der Waals surface area contributed by atoms with Gasteiger partial charge in [0.1, 0.15) is 5.75 Å². The molecule has 1 aliphatic heterocycles. The molecule has 4 nitrogen and oxygen atoms in total. The normalized spacial score (nSPS) is 22.7. The van der Waals surface area contributed by atoms with Crippen molar-refractivity contribution in [2.45, 2.75) is 51.2 Å². The number of piperidine rings is 1. The molecule has 0 aliphatic carbocycles.